The van der Waals surface area contributed by atoms with Crippen molar-refractivity contribution in [3.63, 3.8) is 0 Å². The number of hydrogen-bond donors (Lipinski definition) is 1. The number of amides is 1. The Labute approximate surface area is 173 Å². The molecule has 6 nitrogen and oxygen atoms in total. The second-order valence-electron chi connectivity index (χ2n) is 6.68. The number of hydrogen-bond acceptors (Lipinski definition) is 4. The number of carbonyl (C=O) groups excluding carboxylic acids is 1. The highest BCUT2D eigenvalue weighted by Crippen LogP contribution is 2.26. The quantitative estimate of drug-likeness (QED) is 0.528. The van der Waals surface area contributed by atoms with Gasteiger partial charge in [-0.3, -0.25) is 4.79 Å². The Bertz CT molecular complexity index is 1200. The lowest BCUT2D eigenvalue weighted by molar-refractivity contribution is 0.102. The number of nitrogens with one attached hydrogen (secondary N) is 1. The van der Waals surface area contributed by atoms with Crippen LogP contribution < -0.4 is 10.1 Å². The van der Waals surface area contributed by atoms with Gasteiger partial charge in [-0.1, -0.05) is 35.9 Å². The summed E-state index contributed by atoms with van der Waals surface area (Å²) in [5.74, 6) is -0.345. The molecule has 1 heterocycles. The van der Waals surface area contributed by atoms with Crippen LogP contribution in [0.5, 0.6) is 6.01 Å². The second-order valence-corrected chi connectivity index (χ2v) is 6.68. The van der Waals surface area contributed by atoms with Gasteiger partial charge >= 0.3 is 6.01 Å². The minimum atomic E-state index is -0.419. The summed E-state index contributed by atoms with van der Waals surface area (Å²) in [5, 5.41) is 7.18. The molecule has 0 fully saturated rings. The van der Waals surface area contributed by atoms with E-state index in [2.05, 4.69) is 15.4 Å². The molecule has 1 N–H and O–H groups in total. The summed E-state index contributed by atoms with van der Waals surface area (Å²) in [5.41, 5.74) is 3.11. The van der Waals surface area contributed by atoms with Crippen LogP contribution in [0.25, 0.3) is 17.1 Å². The van der Waals surface area contributed by atoms with Gasteiger partial charge in [0.2, 0.25) is 0 Å². The fraction of sp³-hybridized carbons (Fsp3) is 0.0870. The maximum Gasteiger partial charge on any atom is 0.336 e. The molecule has 0 atom stereocenters. The molecule has 4 aromatic rings. The molecule has 0 aliphatic rings. The SMILES string of the molecule is COc1nc(-c2ccccc2F)n(-c2cccc(NC(=O)c3ccc(C)cc3)c2)n1. The molecule has 0 bridgehead atoms. The molecular weight excluding hydrogens is 383 g/mol. The highest BCUT2D eigenvalue weighted by molar-refractivity contribution is 6.04. The average molecular weight is 402 g/mol. The van der Waals surface area contributed by atoms with Crippen LogP contribution >= 0.6 is 0 Å². The number of nitrogens with zero attached hydrogens (tertiary/aromatic N) is 3. The predicted molar refractivity (Wildman–Crippen MR) is 112 cm³/mol. The van der Waals surface area contributed by atoms with Crippen LogP contribution in [-0.2, 0) is 0 Å². The zero-order valence-corrected chi connectivity index (χ0v) is 16.5. The van der Waals surface area contributed by atoms with Gasteiger partial charge in [0.05, 0.1) is 18.4 Å². The van der Waals surface area contributed by atoms with E-state index in [9.17, 15) is 9.18 Å². The molecule has 0 saturated carbocycles. The van der Waals surface area contributed by atoms with Crippen molar-refractivity contribution in [1.82, 2.24) is 14.8 Å². The summed E-state index contributed by atoms with van der Waals surface area (Å²) in [4.78, 5) is 16.8. The molecule has 3 aromatic carbocycles. The first-order chi connectivity index (χ1) is 14.5. The van der Waals surface area contributed by atoms with E-state index in [1.165, 1.54) is 17.9 Å². The van der Waals surface area contributed by atoms with E-state index in [0.717, 1.165) is 5.56 Å². The van der Waals surface area contributed by atoms with E-state index < -0.39 is 5.82 Å². The van der Waals surface area contributed by atoms with Crippen molar-refractivity contribution in [1.29, 1.82) is 0 Å². The molecule has 0 radical (unpaired) electrons. The third kappa shape index (κ3) is 3.91. The smallest absolute Gasteiger partial charge is 0.336 e. The third-order valence-corrected chi connectivity index (χ3v) is 4.55. The van der Waals surface area contributed by atoms with E-state index >= 15 is 0 Å². The van der Waals surface area contributed by atoms with Crippen LogP contribution in [0.15, 0.2) is 72.8 Å². The Balaban J connectivity index is 1.69. The van der Waals surface area contributed by atoms with Crippen molar-refractivity contribution < 1.29 is 13.9 Å². The molecule has 1 aromatic heterocycles. The number of carbonyl (C=O) groups is 1. The van der Waals surface area contributed by atoms with Crippen molar-refractivity contribution in [2.75, 3.05) is 12.4 Å². The van der Waals surface area contributed by atoms with Gasteiger partial charge in [-0.15, -0.1) is 5.10 Å². The van der Waals surface area contributed by atoms with Gasteiger partial charge in [-0.2, -0.15) is 4.98 Å². The van der Waals surface area contributed by atoms with Crippen LogP contribution in [-0.4, -0.2) is 27.8 Å². The minimum Gasteiger partial charge on any atom is -0.466 e. The maximum absolute atomic E-state index is 14.4. The fourth-order valence-corrected chi connectivity index (χ4v) is 3.00. The maximum atomic E-state index is 14.4. The zero-order valence-electron chi connectivity index (χ0n) is 16.5. The van der Waals surface area contributed by atoms with E-state index in [-0.39, 0.29) is 11.9 Å². The van der Waals surface area contributed by atoms with Gasteiger partial charge in [0.25, 0.3) is 5.91 Å². The lowest BCUT2D eigenvalue weighted by Gasteiger charge is -2.10. The van der Waals surface area contributed by atoms with E-state index in [1.807, 2.05) is 19.1 Å². The summed E-state index contributed by atoms with van der Waals surface area (Å²) in [6.07, 6.45) is 0. The molecule has 1 amide bonds. The normalized spacial score (nSPS) is 10.6. The van der Waals surface area contributed by atoms with E-state index in [4.69, 9.17) is 4.74 Å². The Kier molecular flexibility index (Phi) is 5.26. The highest BCUT2D eigenvalue weighted by atomic mass is 19.1. The summed E-state index contributed by atoms with van der Waals surface area (Å²) in [6, 6.07) is 20.8. The zero-order chi connectivity index (χ0) is 21.1. The summed E-state index contributed by atoms with van der Waals surface area (Å²) in [6.45, 7) is 1.96. The molecular formula is C23H19FN4O2. The van der Waals surface area contributed by atoms with Crippen LogP contribution in [0.4, 0.5) is 10.1 Å². The Hall–Kier alpha value is -4.00. The van der Waals surface area contributed by atoms with Gasteiger partial charge in [-0.25, -0.2) is 9.07 Å². The molecule has 0 unspecified atom stereocenters. The van der Waals surface area contributed by atoms with Crippen molar-refractivity contribution in [2.24, 2.45) is 0 Å². The van der Waals surface area contributed by atoms with Crippen LogP contribution in [0, 0.1) is 12.7 Å². The van der Waals surface area contributed by atoms with Crippen molar-refractivity contribution in [3.8, 4) is 23.1 Å². The standard InChI is InChI=1S/C23H19FN4O2/c1-15-10-12-16(13-11-15)22(29)25-17-6-5-7-18(14-17)28-21(26-23(27-28)30-2)19-8-3-4-9-20(19)24/h3-14H,1-2H3,(H,25,29). The molecule has 0 saturated heterocycles. The molecule has 0 spiro atoms. The van der Waals surface area contributed by atoms with Gasteiger partial charge in [0.1, 0.15) is 5.82 Å². The Morgan fingerprint density at radius 2 is 1.80 bits per heavy atom. The molecule has 30 heavy (non-hydrogen) atoms. The van der Waals surface area contributed by atoms with Crippen LogP contribution in [0.1, 0.15) is 15.9 Å². The Morgan fingerprint density at radius 1 is 1.03 bits per heavy atom. The van der Waals surface area contributed by atoms with Crippen molar-refractivity contribution >= 4 is 11.6 Å². The monoisotopic (exact) mass is 402 g/mol. The number of aromatic nitrogens is 3. The predicted octanol–water partition coefficient (Wildman–Crippen LogP) is 4.64. The summed E-state index contributed by atoms with van der Waals surface area (Å²) in [7, 11) is 1.45. The summed E-state index contributed by atoms with van der Waals surface area (Å²) < 4.78 is 21.0. The first-order valence-corrected chi connectivity index (χ1v) is 9.29. The van der Waals surface area contributed by atoms with Crippen molar-refractivity contribution in [2.45, 2.75) is 6.92 Å². The van der Waals surface area contributed by atoms with Crippen molar-refractivity contribution in [3.05, 3.63) is 89.7 Å². The van der Waals surface area contributed by atoms with E-state index in [0.29, 0.717) is 28.3 Å². The third-order valence-electron chi connectivity index (χ3n) is 4.55. The highest BCUT2D eigenvalue weighted by Gasteiger charge is 2.17. The number of rotatable bonds is 5. The van der Waals surface area contributed by atoms with E-state index in [1.54, 1.807) is 54.6 Å². The molecule has 150 valence electrons. The number of anilines is 1. The number of aryl methyl sites for hydroxylation is 1. The summed E-state index contributed by atoms with van der Waals surface area (Å²) >= 11 is 0. The molecule has 0 aliphatic heterocycles. The van der Waals surface area contributed by atoms with Crippen LogP contribution in [0.3, 0.4) is 0 Å². The van der Waals surface area contributed by atoms with Crippen LogP contribution in [0.2, 0.25) is 0 Å². The number of methoxy groups -OCH3 is 1. The largest absolute Gasteiger partial charge is 0.466 e. The topological polar surface area (TPSA) is 69.0 Å². The fourth-order valence-electron chi connectivity index (χ4n) is 3.00. The number of benzene rings is 3. The number of halogens is 1. The first-order valence-electron chi connectivity index (χ1n) is 9.29. The Morgan fingerprint density at radius 3 is 2.53 bits per heavy atom. The average Bonchev–Trinajstić information content (AvgIpc) is 3.19. The van der Waals surface area contributed by atoms with Gasteiger partial charge < -0.3 is 10.1 Å². The molecule has 4 rings (SSSR count). The van der Waals surface area contributed by atoms with Gasteiger partial charge in [0, 0.05) is 11.3 Å². The first kappa shape index (κ1) is 19.3. The van der Waals surface area contributed by atoms with Gasteiger partial charge in [-0.05, 0) is 49.4 Å². The lowest BCUT2D eigenvalue weighted by atomic mass is 10.1. The van der Waals surface area contributed by atoms with Gasteiger partial charge in [0.15, 0.2) is 5.82 Å². The minimum absolute atomic E-state index is 0.113. The molecule has 0 aliphatic carbocycles. The number of ether oxygens (including phenoxy) is 1. The second kappa shape index (κ2) is 8.16. The lowest BCUT2D eigenvalue weighted by Crippen LogP contribution is -2.12. The molecule has 7 heteroatoms.